The molecule has 4 rings (SSSR count). The highest BCUT2D eigenvalue weighted by atomic mass is 16.4. The lowest BCUT2D eigenvalue weighted by Crippen LogP contribution is -2.62. The van der Waals surface area contributed by atoms with Gasteiger partial charge in [0.2, 0.25) is 5.91 Å². The number of carboxylic acid groups (broad SMARTS) is 1. The Morgan fingerprint density at radius 1 is 1.03 bits per heavy atom. The molecule has 7 nitrogen and oxygen atoms in total. The molecule has 0 bridgehead atoms. The van der Waals surface area contributed by atoms with Crippen molar-refractivity contribution in [3.8, 4) is 0 Å². The van der Waals surface area contributed by atoms with Crippen molar-refractivity contribution >= 4 is 11.9 Å². The molecule has 0 aliphatic heterocycles. The highest BCUT2D eigenvalue weighted by Gasteiger charge is 2.65. The number of aliphatic hydroxyl groups excluding tert-OH is 3. The minimum Gasteiger partial charge on any atom is -0.480 e. The van der Waals surface area contributed by atoms with Gasteiger partial charge in [-0.25, -0.2) is 0 Å². The summed E-state index contributed by atoms with van der Waals surface area (Å²) in [5.41, 5.74) is -0.214. The molecule has 4 saturated carbocycles. The fraction of sp³-hybridized carbons (Fsp3) is 0.923. The Hall–Kier alpha value is -1.18. The molecular weight excluding hydrogens is 422 g/mol. The van der Waals surface area contributed by atoms with Gasteiger partial charge in [-0.3, -0.25) is 9.59 Å². The Bertz CT molecular complexity index is 759. The Kier molecular flexibility index (Phi) is 6.89. The van der Waals surface area contributed by atoms with Gasteiger partial charge in [-0.15, -0.1) is 0 Å². The number of nitrogens with one attached hydrogen (secondary N) is 1. The van der Waals surface area contributed by atoms with Crippen LogP contribution in [0.1, 0.15) is 78.6 Å². The van der Waals surface area contributed by atoms with E-state index in [1.54, 1.807) is 0 Å². The maximum absolute atomic E-state index is 12.0. The predicted octanol–water partition coefficient (Wildman–Crippen LogP) is 2.56. The molecule has 2 unspecified atom stereocenters. The Balaban J connectivity index is 1.49. The lowest BCUT2D eigenvalue weighted by Gasteiger charge is -2.63. The summed E-state index contributed by atoms with van der Waals surface area (Å²) in [5, 5.41) is 44.4. The van der Waals surface area contributed by atoms with Crippen LogP contribution in [0.15, 0.2) is 0 Å². The van der Waals surface area contributed by atoms with E-state index in [1.165, 1.54) is 0 Å². The van der Waals surface area contributed by atoms with Crippen LogP contribution in [0.5, 0.6) is 0 Å². The van der Waals surface area contributed by atoms with E-state index in [4.69, 9.17) is 5.11 Å². The van der Waals surface area contributed by atoms with Crippen LogP contribution < -0.4 is 5.32 Å². The van der Waals surface area contributed by atoms with Crippen LogP contribution in [-0.2, 0) is 9.59 Å². The van der Waals surface area contributed by atoms with E-state index in [9.17, 15) is 24.9 Å². The molecule has 0 aromatic rings. The highest BCUT2D eigenvalue weighted by molar-refractivity contribution is 5.81. The molecule has 0 radical (unpaired) electrons. The minimum atomic E-state index is -1.04. The zero-order chi connectivity index (χ0) is 24.1. The molecule has 7 heteroatoms. The normalized spacial score (nSPS) is 47.7. The Morgan fingerprint density at radius 3 is 2.45 bits per heavy atom. The van der Waals surface area contributed by atoms with Gasteiger partial charge in [0.1, 0.15) is 6.54 Å². The Labute approximate surface area is 197 Å². The topological polar surface area (TPSA) is 127 Å². The fourth-order valence-electron chi connectivity index (χ4n) is 8.95. The molecule has 0 saturated heterocycles. The molecule has 5 N–H and O–H groups in total. The van der Waals surface area contributed by atoms with Gasteiger partial charge in [0, 0.05) is 6.42 Å². The van der Waals surface area contributed by atoms with E-state index in [0.717, 1.165) is 38.5 Å². The van der Waals surface area contributed by atoms with Crippen LogP contribution in [0, 0.1) is 46.3 Å². The van der Waals surface area contributed by atoms with E-state index >= 15 is 0 Å². The molecular formula is C26H43NO6. The van der Waals surface area contributed by atoms with Gasteiger partial charge >= 0.3 is 5.97 Å². The summed E-state index contributed by atoms with van der Waals surface area (Å²) < 4.78 is 0. The average Bonchev–Trinajstić information content (AvgIpc) is 3.11. The molecule has 0 heterocycles. The first kappa shape index (κ1) is 24.9. The first-order chi connectivity index (χ1) is 15.5. The highest BCUT2D eigenvalue weighted by Crippen LogP contribution is 2.68. The van der Waals surface area contributed by atoms with Gasteiger partial charge in [0.15, 0.2) is 0 Å². The van der Waals surface area contributed by atoms with E-state index < -0.39 is 12.1 Å². The first-order valence-electron chi connectivity index (χ1n) is 13.0. The molecule has 33 heavy (non-hydrogen) atoms. The minimum absolute atomic E-state index is 0.0668. The van der Waals surface area contributed by atoms with E-state index in [0.29, 0.717) is 25.2 Å². The molecule has 0 aromatic carbocycles. The lowest BCUT2D eigenvalue weighted by atomic mass is 9.43. The summed E-state index contributed by atoms with van der Waals surface area (Å²) in [6.07, 6.45) is 5.86. The van der Waals surface area contributed by atoms with Crippen molar-refractivity contribution in [3.63, 3.8) is 0 Å². The number of amides is 1. The molecule has 0 aromatic heterocycles. The maximum Gasteiger partial charge on any atom is 0.322 e. The summed E-state index contributed by atoms with van der Waals surface area (Å²) in [7, 11) is 0. The molecule has 4 fully saturated rings. The molecule has 0 spiro atoms. The zero-order valence-corrected chi connectivity index (χ0v) is 20.4. The molecule has 4 aliphatic carbocycles. The molecule has 11 atom stereocenters. The van der Waals surface area contributed by atoms with Crippen LogP contribution >= 0.6 is 0 Å². The second kappa shape index (κ2) is 9.12. The van der Waals surface area contributed by atoms with Crippen LogP contribution in [0.3, 0.4) is 0 Å². The van der Waals surface area contributed by atoms with Crippen molar-refractivity contribution in [3.05, 3.63) is 0 Å². The quantitative estimate of drug-likeness (QED) is 0.410. The van der Waals surface area contributed by atoms with Crippen LogP contribution in [0.4, 0.5) is 0 Å². The number of rotatable bonds is 6. The van der Waals surface area contributed by atoms with Crippen LogP contribution in [0.25, 0.3) is 0 Å². The predicted molar refractivity (Wildman–Crippen MR) is 123 cm³/mol. The van der Waals surface area contributed by atoms with Crippen molar-refractivity contribution < 1.29 is 30.0 Å². The van der Waals surface area contributed by atoms with E-state index in [2.05, 4.69) is 26.1 Å². The largest absolute Gasteiger partial charge is 0.480 e. The average molecular weight is 466 g/mol. The maximum atomic E-state index is 12.0. The summed E-state index contributed by atoms with van der Waals surface area (Å²) in [4.78, 5) is 22.7. The third kappa shape index (κ3) is 4.23. The van der Waals surface area contributed by atoms with Gasteiger partial charge in [0.25, 0.3) is 0 Å². The van der Waals surface area contributed by atoms with E-state index in [1.807, 2.05) is 0 Å². The SMILES string of the molecule is C[C@H](CCC(=O)NCC(=O)O)[C@H]1CC[C@H]2C3C(O)C[C@@H]4C[C@H](O)CC[C@]4(C)[C@H]3C[C@H](O)[C@]12C. The van der Waals surface area contributed by atoms with Gasteiger partial charge in [-0.2, -0.15) is 0 Å². The van der Waals surface area contributed by atoms with Crippen molar-refractivity contribution in [1.29, 1.82) is 0 Å². The van der Waals surface area contributed by atoms with Crippen molar-refractivity contribution in [2.45, 2.75) is 96.9 Å². The summed E-state index contributed by atoms with van der Waals surface area (Å²) in [6.45, 7) is 6.35. The van der Waals surface area contributed by atoms with Gasteiger partial charge < -0.3 is 25.7 Å². The standard InChI is InChI=1S/C26H43NO6/c1-14(4-7-22(31)27-13-23(32)33)17-5-6-18-24-19(12-21(30)26(17,18)3)25(2)9-8-16(28)10-15(25)11-20(24)29/h14-21,24,28-30H,4-13H2,1-3H3,(H,27,31)(H,32,33)/t14-,15+,16-,17-,18+,19+,20?,21+,24?,25+,26-/m1/s1. The van der Waals surface area contributed by atoms with Crippen molar-refractivity contribution in [1.82, 2.24) is 5.32 Å². The second-order valence-corrected chi connectivity index (χ2v) is 12.2. The van der Waals surface area contributed by atoms with Gasteiger partial charge in [-0.05, 0) is 97.7 Å². The third-order valence-corrected chi connectivity index (χ3v) is 10.8. The first-order valence-corrected chi connectivity index (χ1v) is 13.0. The third-order valence-electron chi connectivity index (χ3n) is 10.8. The van der Waals surface area contributed by atoms with Crippen molar-refractivity contribution in [2.75, 3.05) is 6.54 Å². The number of carbonyl (C=O) groups excluding carboxylic acids is 1. The number of carboxylic acids is 1. The molecule has 188 valence electrons. The number of fused-ring (bicyclic) bond motifs is 5. The number of hydrogen-bond acceptors (Lipinski definition) is 5. The summed E-state index contributed by atoms with van der Waals surface area (Å²) >= 11 is 0. The fourth-order valence-corrected chi connectivity index (χ4v) is 8.95. The summed E-state index contributed by atoms with van der Waals surface area (Å²) in [6, 6.07) is 0. The zero-order valence-electron chi connectivity index (χ0n) is 20.4. The van der Waals surface area contributed by atoms with Gasteiger partial charge in [0.05, 0.1) is 18.3 Å². The summed E-state index contributed by atoms with van der Waals surface area (Å²) in [5.74, 6) is 0.265. The molecule has 4 aliphatic rings. The van der Waals surface area contributed by atoms with Gasteiger partial charge in [-0.1, -0.05) is 20.8 Å². The number of carbonyl (C=O) groups is 2. The monoisotopic (exact) mass is 465 g/mol. The van der Waals surface area contributed by atoms with Crippen LogP contribution in [-0.4, -0.2) is 57.2 Å². The van der Waals surface area contributed by atoms with Crippen LogP contribution in [0.2, 0.25) is 0 Å². The number of aliphatic hydroxyl groups is 3. The number of aliphatic carboxylic acids is 1. The molecule has 1 amide bonds. The smallest absolute Gasteiger partial charge is 0.322 e. The Morgan fingerprint density at radius 2 is 1.76 bits per heavy atom. The second-order valence-electron chi connectivity index (χ2n) is 12.2. The lowest BCUT2D eigenvalue weighted by molar-refractivity contribution is -0.207. The number of hydrogen-bond donors (Lipinski definition) is 5. The van der Waals surface area contributed by atoms with Crippen molar-refractivity contribution in [2.24, 2.45) is 46.3 Å². The van der Waals surface area contributed by atoms with E-state index in [-0.39, 0.29) is 65.1 Å².